The van der Waals surface area contributed by atoms with E-state index in [0.717, 1.165) is 25.3 Å². The zero-order valence-corrected chi connectivity index (χ0v) is 18.6. The number of halogens is 3. The van der Waals surface area contributed by atoms with Crippen molar-refractivity contribution in [2.24, 2.45) is 11.8 Å². The molecule has 1 aromatic rings. The van der Waals surface area contributed by atoms with Crippen molar-refractivity contribution < 1.29 is 22.7 Å². The van der Waals surface area contributed by atoms with Crippen LogP contribution >= 0.6 is 0 Å². The van der Waals surface area contributed by atoms with E-state index < -0.39 is 17.8 Å². The highest BCUT2D eigenvalue weighted by molar-refractivity contribution is 5.73. The van der Waals surface area contributed by atoms with E-state index in [1.807, 2.05) is 12.2 Å². The fraction of sp³-hybridized carbons (Fsp3) is 0.542. The van der Waals surface area contributed by atoms with E-state index in [0.29, 0.717) is 30.9 Å². The van der Waals surface area contributed by atoms with Gasteiger partial charge in [-0.2, -0.15) is 13.2 Å². The molecule has 3 aliphatic rings. The quantitative estimate of drug-likeness (QED) is 0.481. The molecule has 2 heterocycles. The maximum absolute atomic E-state index is 13.4. The van der Waals surface area contributed by atoms with Gasteiger partial charge in [0.15, 0.2) is 0 Å². The van der Waals surface area contributed by atoms with E-state index in [9.17, 15) is 18.0 Å². The number of benzene rings is 1. The molecule has 0 radical (unpaired) electrons. The first-order valence-corrected chi connectivity index (χ1v) is 11.5. The number of hydrogen-bond donors (Lipinski definition) is 4. The highest BCUT2D eigenvalue weighted by Gasteiger charge is 2.45. The van der Waals surface area contributed by atoms with Crippen molar-refractivity contribution >= 4 is 11.7 Å². The molecule has 4 N–H and O–H groups in total. The molecule has 0 spiro atoms. The Morgan fingerprint density at radius 1 is 1.18 bits per heavy atom. The summed E-state index contributed by atoms with van der Waals surface area (Å²) >= 11 is 0. The summed E-state index contributed by atoms with van der Waals surface area (Å²) in [7, 11) is 1.81. The lowest BCUT2D eigenvalue weighted by atomic mass is 9.73. The summed E-state index contributed by atoms with van der Waals surface area (Å²) in [5, 5.41) is 12.0. The molecule has 6 nitrogen and oxygen atoms in total. The Labute approximate surface area is 192 Å². The van der Waals surface area contributed by atoms with E-state index in [2.05, 4.69) is 33.4 Å². The number of amides is 2. The lowest BCUT2D eigenvalue weighted by Gasteiger charge is -2.47. The van der Waals surface area contributed by atoms with Crippen LogP contribution in [0.25, 0.3) is 0 Å². The van der Waals surface area contributed by atoms with Crippen molar-refractivity contribution in [3.8, 4) is 0 Å². The van der Waals surface area contributed by atoms with Gasteiger partial charge in [0, 0.05) is 48.8 Å². The van der Waals surface area contributed by atoms with Gasteiger partial charge in [-0.05, 0) is 44.5 Å². The predicted molar refractivity (Wildman–Crippen MR) is 121 cm³/mol. The van der Waals surface area contributed by atoms with Crippen LogP contribution in [0.3, 0.4) is 0 Å². The van der Waals surface area contributed by atoms with Gasteiger partial charge < -0.3 is 26.0 Å². The predicted octanol–water partition coefficient (Wildman–Crippen LogP) is 3.99. The van der Waals surface area contributed by atoms with Crippen molar-refractivity contribution in [2.75, 3.05) is 32.0 Å². The molecule has 0 saturated carbocycles. The Hall–Kier alpha value is -2.52. The molecule has 2 aliphatic heterocycles. The number of nitrogens with one attached hydrogen (secondary N) is 4. The average Bonchev–Trinajstić information content (AvgIpc) is 2.82. The number of carbonyl (C=O) groups is 1. The maximum atomic E-state index is 13.4. The molecule has 4 rings (SSSR count). The zero-order chi connectivity index (χ0) is 23.4. The second-order valence-electron chi connectivity index (χ2n) is 8.84. The number of urea groups is 1. The third kappa shape index (κ3) is 5.52. The van der Waals surface area contributed by atoms with E-state index >= 15 is 0 Å². The lowest BCUT2D eigenvalue weighted by molar-refractivity contribution is -0.138. The Bertz CT molecular complexity index is 902. The van der Waals surface area contributed by atoms with Crippen LogP contribution in [0, 0.1) is 11.8 Å². The molecule has 1 aliphatic carbocycles. The van der Waals surface area contributed by atoms with Crippen LogP contribution in [0.15, 0.2) is 42.5 Å². The molecular weight excluding hydrogens is 433 g/mol. The molecule has 5 atom stereocenters. The van der Waals surface area contributed by atoms with E-state index in [1.165, 1.54) is 12.1 Å². The minimum absolute atomic E-state index is 0.0443. The molecule has 1 saturated heterocycles. The van der Waals surface area contributed by atoms with Gasteiger partial charge in [0.05, 0.1) is 17.8 Å². The summed E-state index contributed by atoms with van der Waals surface area (Å²) in [5.74, 6) is 0.289. The second kappa shape index (κ2) is 10.2. The Morgan fingerprint density at radius 3 is 2.76 bits per heavy atom. The van der Waals surface area contributed by atoms with Gasteiger partial charge in [-0.3, -0.25) is 0 Å². The standard InChI is InChI=1S/C24H31F3N4O2/c1-28-11-12-29-23(32)30-14-17-8-9-18-21(15-5-3-2-4-6-15)31-20-10-7-16(24(25,26)27)13-19(20)22(18)33-17/h2-5,7,10,13,15,17-18,21-22,28,31H,6,8-9,11-12,14H2,1H3,(H2,29,30,32)/t15?,17-,18+,21+,22+/m1/s1. The average molecular weight is 465 g/mol. The van der Waals surface area contributed by atoms with Crippen molar-refractivity contribution in [1.82, 2.24) is 16.0 Å². The molecule has 9 heteroatoms. The van der Waals surface area contributed by atoms with Crippen LogP contribution < -0.4 is 21.3 Å². The number of anilines is 1. The van der Waals surface area contributed by atoms with Gasteiger partial charge in [-0.1, -0.05) is 24.3 Å². The number of carbonyl (C=O) groups excluding carboxylic acids is 1. The first-order chi connectivity index (χ1) is 15.9. The van der Waals surface area contributed by atoms with Gasteiger partial charge in [-0.25, -0.2) is 4.79 Å². The molecule has 1 aromatic carbocycles. The van der Waals surface area contributed by atoms with Crippen molar-refractivity contribution in [3.05, 3.63) is 53.6 Å². The number of hydrogen-bond acceptors (Lipinski definition) is 4. The highest BCUT2D eigenvalue weighted by Crippen LogP contribution is 2.49. The van der Waals surface area contributed by atoms with Crippen molar-refractivity contribution in [3.63, 3.8) is 0 Å². The van der Waals surface area contributed by atoms with E-state index in [-0.39, 0.29) is 30.0 Å². The minimum atomic E-state index is -4.42. The molecule has 0 bridgehead atoms. The van der Waals surface area contributed by atoms with E-state index in [1.54, 1.807) is 7.05 Å². The van der Waals surface area contributed by atoms with E-state index in [4.69, 9.17) is 4.74 Å². The van der Waals surface area contributed by atoms with Crippen LogP contribution in [0.4, 0.5) is 23.7 Å². The molecule has 1 unspecified atom stereocenters. The monoisotopic (exact) mass is 464 g/mol. The van der Waals surface area contributed by atoms with Crippen LogP contribution in [0.2, 0.25) is 0 Å². The van der Waals surface area contributed by atoms with Gasteiger partial charge in [0.25, 0.3) is 0 Å². The lowest BCUT2D eigenvalue weighted by Crippen LogP contribution is -2.49. The number of alkyl halides is 3. The summed E-state index contributed by atoms with van der Waals surface area (Å²) in [6, 6.07) is 3.64. The maximum Gasteiger partial charge on any atom is 0.416 e. The van der Waals surface area contributed by atoms with Crippen LogP contribution in [0.1, 0.15) is 36.5 Å². The molecule has 180 valence electrons. The summed E-state index contributed by atoms with van der Waals surface area (Å²) in [5.41, 5.74) is 0.564. The van der Waals surface area contributed by atoms with Gasteiger partial charge in [0.1, 0.15) is 0 Å². The fourth-order valence-corrected chi connectivity index (χ4v) is 4.98. The van der Waals surface area contributed by atoms with Gasteiger partial charge >= 0.3 is 12.2 Å². The van der Waals surface area contributed by atoms with Gasteiger partial charge in [0.2, 0.25) is 0 Å². The van der Waals surface area contributed by atoms with Crippen molar-refractivity contribution in [2.45, 2.75) is 43.7 Å². The first kappa shape index (κ1) is 23.6. The summed E-state index contributed by atoms with van der Waals surface area (Å²) in [4.78, 5) is 12.0. The molecule has 2 amide bonds. The Morgan fingerprint density at radius 2 is 2.03 bits per heavy atom. The van der Waals surface area contributed by atoms with Crippen LogP contribution in [-0.2, 0) is 10.9 Å². The fourth-order valence-electron chi connectivity index (χ4n) is 4.98. The SMILES string of the molecule is CNCCNC(=O)NC[C@H]1CC[C@@H]2[C@H](O1)c1cc(C(F)(F)F)ccc1N[C@H]2C1C=CC=CC1. The third-order valence-corrected chi connectivity index (χ3v) is 6.64. The van der Waals surface area contributed by atoms with Crippen molar-refractivity contribution in [1.29, 1.82) is 0 Å². The summed E-state index contributed by atoms with van der Waals surface area (Å²) in [6.45, 7) is 1.48. The Balaban J connectivity index is 1.52. The smallest absolute Gasteiger partial charge is 0.381 e. The van der Waals surface area contributed by atoms with Crippen LogP contribution in [0.5, 0.6) is 0 Å². The Kier molecular flexibility index (Phi) is 7.29. The molecule has 0 aromatic heterocycles. The largest absolute Gasteiger partial charge is 0.416 e. The highest BCUT2D eigenvalue weighted by atomic mass is 19.4. The second-order valence-corrected chi connectivity index (χ2v) is 8.84. The summed E-state index contributed by atoms with van der Waals surface area (Å²) < 4.78 is 46.7. The normalized spacial score (nSPS) is 28.4. The zero-order valence-electron chi connectivity index (χ0n) is 18.6. The summed E-state index contributed by atoms with van der Waals surface area (Å²) in [6.07, 6.45) is 5.60. The number of rotatable bonds is 6. The molecule has 1 fully saturated rings. The number of likely N-dealkylation sites (N-methyl/N-ethyl adjacent to an activating group) is 1. The van der Waals surface area contributed by atoms with Crippen LogP contribution in [-0.4, -0.2) is 44.9 Å². The first-order valence-electron chi connectivity index (χ1n) is 11.5. The number of ether oxygens (including phenoxy) is 1. The number of allylic oxidation sites excluding steroid dienone is 3. The molecular formula is C24H31F3N4O2. The van der Waals surface area contributed by atoms with Gasteiger partial charge in [-0.15, -0.1) is 0 Å². The topological polar surface area (TPSA) is 74.4 Å². The number of fused-ring (bicyclic) bond motifs is 3. The molecule has 33 heavy (non-hydrogen) atoms. The minimum Gasteiger partial charge on any atom is -0.381 e. The third-order valence-electron chi connectivity index (χ3n) is 6.64.